The molecule has 0 amide bonds. The first-order chi connectivity index (χ1) is 9.33. The molecular weight excluding hydrogens is 232 g/mol. The van der Waals surface area contributed by atoms with Gasteiger partial charge >= 0.3 is 0 Å². The second kappa shape index (κ2) is 5.77. The third-order valence-electron chi connectivity index (χ3n) is 4.68. The molecule has 0 saturated heterocycles. The van der Waals surface area contributed by atoms with Gasteiger partial charge in [0.2, 0.25) is 0 Å². The lowest BCUT2D eigenvalue weighted by Crippen LogP contribution is -2.29. The van der Waals surface area contributed by atoms with Gasteiger partial charge in [0.25, 0.3) is 0 Å². The number of hydrogen-bond acceptors (Lipinski definition) is 1. The van der Waals surface area contributed by atoms with Gasteiger partial charge in [-0.15, -0.1) is 0 Å². The van der Waals surface area contributed by atoms with E-state index in [1.165, 1.54) is 43.2 Å². The van der Waals surface area contributed by atoms with Gasteiger partial charge in [-0.2, -0.15) is 0 Å². The van der Waals surface area contributed by atoms with Gasteiger partial charge in [-0.05, 0) is 43.2 Å². The number of amidine groups is 1. The lowest BCUT2D eigenvalue weighted by molar-refractivity contribution is 0.433. The van der Waals surface area contributed by atoms with Gasteiger partial charge < -0.3 is 5.73 Å². The Balaban J connectivity index is 1.67. The standard InChI is InChI=1S/C17H24N2/c18-17(14-7-2-1-3-8-14)19-16-11-10-13-6-4-5-9-15(13)12-16/h4-6,9,14,16H,1-3,7-8,10-12H2,(H2,18,19). The van der Waals surface area contributed by atoms with Crippen LogP contribution >= 0.6 is 0 Å². The fraction of sp³-hybridized carbons (Fsp3) is 0.588. The molecule has 1 fully saturated rings. The van der Waals surface area contributed by atoms with Crippen LogP contribution in [-0.2, 0) is 12.8 Å². The SMILES string of the molecule is NC(=NC1CCc2ccccc2C1)C1CCCCC1. The first-order valence-electron chi connectivity index (χ1n) is 7.73. The maximum absolute atomic E-state index is 6.25. The van der Waals surface area contributed by atoms with E-state index >= 15 is 0 Å². The fourth-order valence-electron chi connectivity index (χ4n) is 3.50. The summed E-state index contributed by atoms with van der Waals surface area (Å²) >= 11 is 0. The van der Waals surface area contributed by atoms with Gasteiger partial charge in [0.05, 0.1) is 11.9 Å². The third kappa shape index (κ3) is 2.99. The van der Waals surface area contributed by atoms with E-state index in [9.17, 15) is 0 Å². The van der Waals surface area contributed by atoms with Crippen molar-refractivity contribution in [1.29, 1.82) is 0 Å². The van der Waals surface area contributed by atoms with Crippen LogP contribution in [0.2, 0.25) is 0 Å². The zero-order valence-corrected chi connectivity index (χ0v) is 11.6. The molecular formula is C17H24N2. The van der Waals surface area contributed by atoms with E-state index in [2.05, 4.69) is 24.3 Å². The zero-order valence-electron chi connectivity index (χ0n) is 11.6. The molecule has 2 aliphatic carbocycles. The second-order valence-electron chi connectivity index (χ2n) is 6.05. The Bertz CT molecular complexity index is 458. The lowest BCUT2D eigenvalue weighted by atomic mass is 9.87. The Kier molecular flexibility index (Phi) is 3.86. The molecule has 2 nitrogen and oxygen atoms in total. The number of benzene rings is 1. The highest BCUT2D eigenvalue weighted by Gasteiger charge is 2.21. The molecule has 2 aliphatic rings. The molecule has 1 aromatic rings. The van der Waals surface area contributed by atoms with Gasteiger partial charge in [0, 0.05) is 5.92 Å². The monoisotopic (exact) mass is 256 g/mol. The molecule has 2 heteroatoms. The molecule has 0 radical (unpaired) electrons. The highest BCUT2D eigenvalue weighted by atomic mass is 14.9. The maximum atomic E-state index is 6.25. The summed E-state index contributed by atoms with van der Waals surface area (Å²) in [5.41, 5.74) is 9.23. The first kappa shape index (κ1) is 12.7. The number of nitrogens with zero attached hydrogens (tertiary/aromatic N) is 1. The number of fused-ring (bicyclic) bond motifs is 1. The van der Waals surface area contributed by atoms with Crippen molar-refractivity contribution in [3.8, 4) is 0 Å². The molecule has 1 saturated carbocycles. The van der Waals surface area contributed by atoms with Crippen LogP contribution in [0.25, 0.3) is 0 Å². The molecule has 1 unspecified atom stereocenters. The normalized spacial score (nSPS) is 25.1. The van der Waals surface area contributed by atoms with Gasteiger partial charge in [-0.3, -0.25) is 4.99 Å². The molecule has 2 N–H and O–H groups in total. The summed E-state index contributed by atoms with van der Waals surface area (Å²) in [6, 6.07) is 9.18. The molecule has 1 aromatic carbocycles. The molecule has 3 rings (SSSR count). The fourth-order valence-corrected chi connectivity index (χ4v) is 3.50. The zero-order chi connectivity index (χ0) is 13.1. The van der Waals surface area contributed by atoms with Crippen LogP contribution in [0.1, 0.15) is 49.7 Å². The average Bonchev–Trinajstić information content (AvgIpc) is 2.48. The van der Waals surface area contributed by atoms with E-state index in [0.717, 1.165) is 25.1 Å². The number of nitrogens with two attached hydrogens (primary N) is 1. The van der Waals surface area contributed by atoms with Crippen LogP contribution < -0.4 is 5.73 Å². The summed E-state index contributed by atoms with van der Waals surface area (Å²) in [6.07, 6.45) is 9.91. The topological polar surface area (TPSA) is 38.4 Å². The quantitative estimate of drug-likeness (QED) is 0.638. The Morgan fingerprint density at radius 2 is 1.74 bits per heavy atom. The Labute approximate surface area is 116 Å². The minimum atomic E-state index is 0.414. The van der Waals surface area contributed by atoms with Gasteiger partial charge in [-0.1, -0.05) is 43.5 Å². The molecule has 1 atom stereocenters. The van der Waals surface area contributed by atoms with Crippen molar-refractivity contribution >= 4 is 5.84 Å². The summed E-state index contributed by atoms with van der Waals surface area (Å²) < 4.78 is 0. The van der Waals surface area contributed by atoms with E-state index < -0.39 is 0 Å². The van der Waals surface area contributed by atoms with Crippen LogP contribution in [0.3, 0.4) is 0 Å². The molecule has 0 spiro atoms. The predicted octanol–water partition coefficient (Wildman–Crippen LogP) is 3.48. The minimum absolute atomic E-state index is 0.414. The Morgan fingerprint density at radius 3 is 2.53 bits per heavy atom. The van der Waals surface area contributed by atoms with Crippen LogP contribution in [0.15, 0.2) is 29.3 Å². The van der Waals surface area contributed by atoms with Crippen molar-refractivity contribution in [2.24, 2.45) is 16.6 Å². The van der Waals surface area contributed by atoms with E-state index in [-0.39, 0.29) is 0 Å². The molecule has 0 bridgehead atoms. The summed E-state index contributed by atoms with van der Waals surface area (Å²) in [7, 11) is 0. The maximum Gasteiger partial charge on any atom is 0.0971 e. The van der Waals surface area contributed by atoms with Crippen LogP contribution in [0, 0.1) is 5.92 Å². The molecule has 102 valence electrons. The summed E-state index contributed by atoms with van der Waals surface area (Å²) in [6.45, 7) is 0. The molecule has 0 heterocycles. The average molecular weight is 256 g/mol. The molecule has 0 aromatic heterocycles. The minimum Gasteiger partial charge on any atom is -0.387 e. The number of hydrogen-bond donors (Lipinski definition) is 1. The third-order valence-corrected chi connectivity index (χ3v) is 4.68. The number of aryl methyl sites for hydroxylation is 1. The molecule has 19 heavy (non-hydrogen) atoms. The summed E-state index contributed by atoms with van der Waals surface area (Å²) in [5.74, 6) is 1.50. The van der Waals surface area contributed by atoms with Crippen molar-refractivity contribution in [3.05, 3.63) is 35.4 Å². The van der Waals surface area contributed by atoms with E-state index in [0.29, 0.717) is 12.0 Å². The van der Waals surface area contributed by atoms with Crippen molar-refractivity contribution in [3.63, 3.8) is 0 Å². The van der Waals surface area contributed by atoms with Gasteiger partial charge in [0.1, 0.15) is 0 Å². The van der Waals surface area contributed by atoms with Crippen molar-refractivity contribution in [1.82, 2.24) is 0 Å². The summed E-state index contributed by atoms with van der Waals surface area (Å²) in [5, 5.41) is 0. The molecule has 0 aliphatic heterocycles. The summed E-state index contributed by atoms with van der Waals surface area (Å²) in [4.78, 5) is 4.85. The van der Waals surface area contributed by atoms with Crippen LogP contribution in [-0.4, -0.2) is 11.9 Å². The van der Waals surface area contributed by atoms with Crippen molar-refractivity contribution < 1.29 is 0 Å². The Hall–Kier alpha value is -1.31. The van der Waals surface area contributed by atoms with E-state index in [4.69, 9.17) is 10.7 Å². The van der Waals surface area contributed by atoms with Crippen molar-refractivity contribution in [2.45, 2.75) is 57.4 Å². The predicted molar refractivity (Wildman–Crippen MR) is 80.5 cm³/mol. The Morgan fingerprint density at radius 1 is 1.00 bits per heavy atom. The first-order valence-corrected chi connectivity index (χ1v) is 7.73. The van der Waals surface area contributed by atoms with Crippen LogP contribution in [0.5, 0.6) is 0 Å². The number of aliphatic imine (C=N–C) groups is 1. The van der Waals surface area contributed by atoms with Gasteiger partial charge in [0.15, 0.2) is 0 Å². The lowest BCUT2D eigenvalue weighted by Gasteiger charge is -2.25. The van der Waals surface area contributed by atoms with Gasteiger partial charge in [-0.25, -0.2) is 0 Å². The highest BCUT2D eigenvalue weighted by Crippen LogP contribution is 2.26. The smallest absolute Gasteiger partial charge is 0.0971 e. The largest absolute Gasteiger partial charge is 0.387 e. The highest BCUT2D eigenvalue weighted by molar-refractivity contribution is 5.83. The number of rotatable bonds is 2. The van der Waals surface area contributed by atoms with Crippen LogP contribution in [0.4, 0.5) is 0 Å². The van der Waals surface area contributed by atoms with Crippen molar-refractivity contribution in [2.75, 3.05) is 0 Å². The second-order valence-corrected chi connectivity index (χ2v) is 6.05. The van der Waals surface area contributed by atoms with E-state index in [1.54, 1.807) is 0 Å². The van der Waals surface area contributed by atoms with E-state index in [1.807, 2.05) is 0 Å².